The maximum atomic E-state index is 13.2. The summed E-state index contributed by atoms with van der Waals surface area (Å²) < 4.78 is 24.4. The van der Waals surface area contributed by atoms with Crippen LogP contribution in [-0.2, 0) is 28.8 Å². The first-order valence-electron chi connectivity index (χ1n) is 11.7. The lowest BCUT2D eigenvalue weighted by molar-refractivity contribution is -0.141. The highest BCUT2D eigenvalue weighted by Gasteiger charge is 2.25. The van der Waals surface area contributed by atoms with Crippen LogP contribution in [0.1, 0.15) is 51.5 Å². The summed E-state index contributed by atoms with van der Waals surface area (Å²) in [4.78, 5) is 24.4. The molecule has 7 heteroatoms. The van der Waals surface area contributed by atoms with E-state index in [1.165, 1.54) is 12.1 Å². The van der Waals surface area contributed by atoms with E-state index in [1.807, 2.05) is 6.92 Å². The van der Waals surface area contributed by atoms with E-state index in [0.717, 1.165) is 41.5 Å². The third-order valence-electron chi connectivity index (χ3n) is 6.06. The van der Waals surface area contributed by atoms with Crippen molar-refractivity contribution in [1.29, 1.82) is 0 Å². The fourth-order valence-electron chi connectivity index (χ4n) is 4.41. The van der Waals surface area contributed by atoms with Crippen molar-refractivity contribution in [3.63, 3.8) is 0 Å². The zero-order valence-corrected chi connectivity index (χ0v) is 19.8. The Morgan fingerprint density at radius 1 is 1.06 bits per heavy atom. The molecule has 0 fully saturated rings. The normalized spacial score (nSPS) is 12.2. The van der Waals surface area contributed by atoms with Gasteiger partial charge in [-0.1, -0.05) is 12.1 Å². The second-order valence-corrected chi connectivity index (χ2v) is 8.56. The van der Waals surface area contributed by atoms with Crippen molar-refractivity contribution < 1.29 is 28.6 Å². The van der Waals surface area contributed by atoms with E-state index in [2.05, 4.69) is 5.32 Å². The van der Waals surface area contributed by atoms with Gasteiger partial charge in [-0.05, 0) is 91.8 Å². The largest absolute Gasteiger partial charge is 0.508 e. The zero-order chi connectivity index (χ0) is 24.9. The van der Waals surface area contributed by atoms with Gasteiger partial charge in [-0.15, -0.1) is 0 Å². The fourth-order valence-corrected chi connectivity index (χ4v) is 4.41. The number of carbonyl (C=O) groups excluding carboxylic acids is 2. The number of hydrogen-bond donors (Lipinski definition) is 2. The Kier molecular flexibility index (Phi) is 7.34. The highest BCUT2D eigenvalue weighted by Crippen LogP contribution is 2.39. The number of hydrogen-bond acceptors (Lipinski definition) is 5. The van der Waals surface area contributed by atoms with Gasteiger partial charge in [-0.25, -0.2) is 4.39 Å². The molecule has 1 aliphatic rings. The van der Waals surface area contributed by atoms with Crippen LogP contribution in [0.4, 0.5) is 4.39 Å². The van der Waals surface area contributed by atoms with Crippen LogP contribution >= 0.6 is 0 Å². The maximum absolute atomic E-state index is 13.2. The van der Waals surface area contributed by atoms with Crippen molar-refractivity contribution in [2.75, 3.05) is 13.2 Å². The number of nitrogens with one attached hydrogen (secondary N) is 1. The third-order valence-corrected chi connectivity index (χ3v) is 6.06. The van der Waals surface area contributed by atoms with Gasteiger partial charge in [0.2, 0.25) is 0 Å². The van der Waals surface area contributed by atoms with E-state index in [-0.39, 0.29) is 30.6 Å². The Balaban J connectivity index is 1.57. The van der Waals surface area contributed by atoms with Gasteiger partial charge in [0, 0.05) is 17.5 Å². The number of phenolic OH excluding ortho intramolecular Hbond substituents is 1. The first kappa shape index (κ1) is 24.3. The molecule has 0 spiro atoms. The summed E-state index contributed by atoms with van der Waals surface area (Å²) in [6.07, 6.45) is 2.86. The van der Waals surface area contributed by atoms with Crippen molar-refractivity contribution in [1.82, 2.24) is 5.32 Å². The molecular weight excluding hydrogens is 449 g/mol. The number of benzene rings is 3. The van der Waals surface area contributed by atoms with Crippen molar-refractivity contribution in [3.05, 3.63) is 87.7 Å². The van der Waals surface area contributed by atoms with Crippen LogP contribution in [0, 0.1) is 12.7 Å². The van der Waals surface area contributed by atoms with Crippen molar-refractivity contribution in [2.45, 2.75) is 39.5 Å². The van der Waals surface area contributed by atoms with Gasteiger partial charge in [0.1, 0.15) is 29.6 Å². The summed E-state index contributed by atoms with van der Waals surface area (Å²) in [6, 6.07) is 13.0. The number of aromatic hydroxyl groups is 1. The average molecular weight is 478 g/mol. The van der Waals surface area contributed by atoms with Crippen LogP contribution in [0.15, 0.2) is 48.5 Å². The maximum Gasteiger partial charge on any atom is 0.325 e. The van der Waals surface area contributed by atoms with Crippen LogP contribution in [-0.4, -0.2) is 30.1 Å². The van der Waals surface area contributed by atoms with E-state index in [4.69, 9.17) is 9.47 Å². The Bertz CT molecular complexity index is 1250. The standard InChI is InChI=1S/C28H28FNO5/c1-3-34-26(32)16-30-28(33)24-13-17(2)27(23-6-4-5-22(23)24)35-21-11-12-25(31)19(15-21)14-18-7-9-20(29)10-8-18/h7-13,15,31H,3-6,14,16H2,1-2H3,(H,30,33). The molecule has 0 saturated carbocycles. The van der Waals surface area contributed by atoms with Gasteiger partial charge in [0.25, 0.3) is 5.91 Å². The molecule has 1 amide bonds. The van der Waals surface area contributed by atoms with Gasteiger partial charge in [-0.2, -0.15) is 0 Å². The lowest BCUT2D eigenvalue weighted by Gasteiger charge is -2.18. The van der Waals surface area contributed by atoms with Gasteiger partial charge in [0.15, 0.2) is 0 Å². The summed E-state index contributed by atoms with van der Waals surface area (Å²) in [5.41, 5.74) is 4.80. The summed E-state index contributed by atoms with van der Waals surface area (Å²) in [5, 5.41) is 13.0. The molecule has 0 saturated heterocycles. The number of ether oxygens (including phenoxy) is 2. The summed E-state index contributed by atoms with van der Waals surface area (Å²) in [5.74, 6) is 0.319. The molecule has 0 aliphatic heterocycles. The molecular formula is C28H28FNO5. The fraction of sp³-hybridized carbons (Fsp3) is 0.286. The molecule has 2 N–H and O–H groups in total. The topological polar surface area (TPSA) is 84.9 Å². The average Bonchev–Trinajstić information content (AvgIpc) is 3.32. The van der Waals surface area contributed by atoms with E-state index >= 15 is 0 Å². The minimum atomic E-state index is -0.474. The Morgan fingerprint density at radius 2 is 1.80 bits per heavy atom. The third kappa shape index (κ3) is 5.62. The SMILES string of the molecule is CCOC(=O)CNC(=O)c1cc(C)c(Oc2ccc(O)c(Cc3ccc(F)cc3)c2)c2c1CCC2. The number of halogens is 1. The molecule has 0 heterocycles. The first-order valence-corrected chi connectivity index (χ1v) is 11.7. The molecule has 6 nitrogen and oxygen atoms in total. The number of carbonyl (C=O) groups is 2. The molecule has 3 aromatic rings. The van der Waals surface area contributed by atoms with Crippen LogP contribution in [0.2, 0.25) is 0 Å². The number of esters is 1. The summed E-state index contributed by atoms with van der Waals surface area (Å²) in [6.45, 7) is 3.69. The smallest absolute Gasteiger partial charge is 0.325 e. The molecule has 35 heavy (non-hydrogen) atoms. The van der Waals surface area contributed by atoms with E-state index in [1.54, 1.807) is 43.3 Å². The molecule has 1 aliphatic carbocycles. The Labute approximate surface area is 203 Å². The van der Waals surface area contributed by atoms with E-state index in [0.29, 0.717) is 29.0 Å². The van der Waals surface area contributed by atoms with Crippen molar-refractivity contribution in [2.24, 2.45) is 0 Å². The van der Waals surface area contributed by atoms with E-state index in [9.17, 15) is 19.1 Å². The number of phenols is 1. The predicted octanol–water partition coefficient (Wildman–Crippen LogP) is 5.00. The zero-order valence-electron chi connectivity index (χ0n) is 19.8. The van der Waals surface area contributed by atoms with Gasteiger partial charge >= 0.3 is 5.97 Å². The van der Waals surface area contributed by atoms with Crippen LogP contribution in [0.3, 0.4) is 0 Å². The summed E-state index contributed by atoms with van der Waals surface area (Å²) in [7, 11) is 0. The molecule has 0 unspecified atom stereocenters. The Hall–Kier alpha value is -3.87. The van der Waals surface area contributed by atoms with E-state index < -0.39 is 5.97 Å². The molecule has 0 aromatic heterocycles. The highest BCUT2D eigenvalue weighted by atomic mass is 19.1. The lowest BCUT2D eigenvalue weighted by Crippen LogP contribution is -2.31. The lowest BCUT2D eigenvalue weighted by atomic mass is 9.98. The summed E-state index contributed by atoms with van der Waals surface area (Å²) >= 11 is 0. The molecule has 4 rings (SSSR count). The van der Waals surface area contributed by atoms with Crippen LogP contribution < -0.4 is 10.1 Å². The minimum absolute atomic E-state index is 0.136. The monoisotopic (exact) mass is 477 g/mol. The minimum Gasteiger partial charge on any atom is -0.508 e. The number of aryl methyl sites for hydroxylation is 1. The number of rotatable bonds is 8. The molecule has 0 bridgehead atoms. The van der Waals surface area contributed by atoms with Crippen LogP contribution in [0.25, 0.3) is 0 Å². The van der Waals surface area contributed by atoms with Crippen molar-refractivity contribution >= 4 is 11.9 Å². The number of fused-ring (bicyclic) bond motifs is 1. The highest BCUT2D eigenvalue weighted by molar-refractivity contribution is 5.98. The van der Waals surface area contributed by atoms with Gasteiger partial charge < -0.3 is 19.9 Å². The number of amides is 1. The Morgan fingerprint density at radius 3 is 2.54 bits per heavy atom. The first-order chi connectivity index (χ1) is 16.9. The van der Waals surface area contributed by atoms with Crippen LogP contribution in [0.5, 0.6) is 17.2 Å². The quantitative estimate of drug-likeness (QED) is 0.446. The second kappa shape index (κ2) is 10.6. The predicted molar refractivity (Wildman–Crippen MR) is 130 cm³/mol. The van der Waals surface area contributed by atoms with Gasteiger partial charge in [-0.3, -0.25) is 9.59 Å². The molecule has 0 atom stereocenters. The molecule has 182 valence electrons. The van der Waals surface area contributed by atoms with Crippen molar-refractivity contribution in [3.8, 4) is 17.2 Å². The molecule has 0 radical (unpaired) electrons. The molecule has 3 aromatic carbocycles. The van der Waals surface area contributed by atoms with Gasteiger partial charge in [0.05, 0.1) is 6.61 Å². The second-order valence-electron chi connectivity index (χ2n) is 8.56.